The number of nitrogens with two attached hydrogens (primary N) is 1. The summed E-state index contributed by atoms with van der Waals surface area (Å²) in [7, 11) is 0. The zero-order valence-electron chi connectivity index (χ0n) is 8.04. The van der Waals surface area contributed by atoms with Crippen molar-refractivity contribution in [3.8, 4) is 0 Å². The molecule has 1 aromatic carbocycles. The molecule has 0 spiro atoms. The molecule has 0 amide bonds. The van der Waals surface area contributed by atoms with E-state index in [0.717, 1.165) is 15.8 Å². The monoisotopic (exact) mass is 236 g/mol. The first-order chi connectivity index (χ1) is 7.77. The van der Waals surface area contributed by atoms with Crippen molar-refractivity contribution < 1.29 is 0 Å². The molecule has 2 aromatic heterocycles. The minimum absolute atomic E-state index is 0.873. The molecule has 82 valence electrons. The molecule has 16 heavy (non-hydrogen) atoms. The second-order valence-electron chi connectivity index (χ2n) is 2.76. The fourth-order valence-electron chi connectivity index (χ4n) is 1.02. The minimum Gasteiger partial charge on any atom is -0.320 e. The number of hydrogen-bond acceptors (Lipinski definition) is 7. The number of nitrogen functional groups attached to an aromatic ring is 1. The third-order valence-electron chi connectivity index (χ3n) is 1.70. The molecule has 3 rings (SSSR count). The highest BCUT2D eigenvalue weighted by Gasteiger charge is 1.96. The summed E-state index contributed by atoms with van der Waals surface area (Å²) in [5, 5.41) is 17.3. The second-order valence-corrected chi connectivity index (χ2v) is 3.14. The van der Waals surface area contributed by atoms with Crippen molar-refractivity contribution in [1.82, 2.24) is 34.7 Å². The predicted molar refractivity (Wildman–Crippen MR) is 59.9 cm³/mol. The maximum absolute atomic E-state index is 4.96. The Hall–Kier alpha value is -2.16. The number of aromatic nitrogens is 7. The Morgan fingerprint density at radius 2 is 2.00 bits per heavy atom. The Bertz CT molecular complexity index is 559. The average Bonchev–Trinajstić information content (AvgIpc) is 2.91. The molecule has 0 fully saturated rings. The van der Waals surface area contributed by atoms with Crippen LogP contribution in [0.1, 0.15) is 0 Å². The van der Waals surface area contributed by atoms with E-state index in [1.54, 1.807) is 0 Å². The van der Waals surface area contributed by atoms with Gasteiger partial charge in [0, 0.05) is 0 Å². The highest BCUT2D eigenvalue weighted by atomic mass is 32.1. The van der Waals surface area contributed by atoms with Gasteiger partial charge in [0.1, 0.15) is 11.0 Å². The van der Waals surface area contributed by atoms with Crippen LogP contribution in [-0.4, -0.2) is 34.7 Å². The molecule has 2 heterocycles. The Labute approximate surface area is 95.6 Å². The molecular weight excluding hydrogens is 228 g/mol. The first-order valence-corrected chi connectivity index (χ1v) is 4.65. The lowest BCUT2D eigenvalue weighted by Crippen LogP contribution is -2.07. The number of rotatable bonds is 0. The molecule has 8 nitrogen and oxygen atoms in total. The van der Waals surface area contributed by atoms with Crippen LogP contribution in [0.25, 0.3) is 11.0 Å². The van der Waals surface area contributed by atoms with Crippen molar-refractivity contribution in [1.29, 1.82) is 0 Å². The minimum atomic E-state index is 0.873. The van der Waals surface area contributed by atoms with E-state index in [-0.39, 0.29) is 0 Å². The maximum atomic E-state index is 4.96. The molecule has 0 bridgehead atoms. The van der Waals surface area contributed by atoms with Crippen LogP contribution in [-0.2, 0) is 0 Å². The van der Waals surface area contributed by atoms with Crippen molar-refractivity contribution in [2.75, 3.05) is 5.84 Å². The molecule has 3 aromatic rings. The van der Waals surface area contributed by atoms with E-state index in [1.807, 2.05) is 24.3 Å². The van der Waals surface area contributed by atoms with Gasteiger partial charge in [-0.05, 0) is 35.4 Å². The number of tetrazole rings is 1. The summed E-state index contributed by atoms with van der Waals surface area (Å²) < 4.78 is 1.45. The lowest BCUT2D eigenvalue weighted by atomic mass is 10.3. The predicted octanol–water partition coefficient (Wildman–Crippen LogP) is -0.489. The molecule has 0 atom stereocenters. The lowest BCUT2D eigenvalue weighted by Gasteiger charge is -1.85. The highest BCUT2D eigenvalue weighted by Crippen LogP contribution is 2.09. The zero-order valence-corrected chi connectivity index (χ0v) is 8.94. The van der Waals surface area contributed by atoms with Gasteiger partial charge < -0.3 is 5.84 Å². The van der Waals surface area contributed by atoms with Gasteiger partial charge in [-0.25, -0.2) is 0 Å². The third-order valence-corrected chi connectivity index (χ3v) is 1.99. The van der Waals surface area contributed by atoms with Gasteiger partial charge in [0.2, 0.25) is 0 Å². The van der Waals surface area contributed by atoms with Gasteiger partial charge in [0.25, 0.3) is 0 Å². The molecule has 0 saturated carbocycles. The van der Waals surface area contributed by atoms with Gasteiger partial charge in [-0.15, -0.1) is 15.0 Å². The van der Waals surface area contributed by atoms with E-state index in [2.05, 4.69) is 38.7 Å². The standard InChI is InChI=1S/C6H5N3S.CH3N5/c10-9-6-4-2-1-3-5(6)7-8-9;2-6-1-3-4-5-6/h1-4,10H;1H,2H2. The van der Waals surface area contributed by atoms with Gasteiger partial charge in [-0.1, -0.05) is 17.3 Å². The van der Waals surface area contributed by atoms with Gasteiger partial charge in [-0.3, -0.25) is 0 Å². The van der Waals surface area contributed by atoms with Crippen LogP contribution in [0, 0.1) is 0 Å². The van der Waals surface area contributed by atoms with Gasteiger partial charge >= 0.3 is 0 Å². The van der Waals surface area contributed by atoms with Crippen LogP contribution in [0.3, 0.4) is 0 Å². The molecule has 0 aliphatic carbocycles. The van der Waals surface area contributed by atoms with Crippen LogP contribution in [0.2, 0.25) is 0 Å². The molecule has 0 saturated heterocycles. The van der Waals surface area contributed by atoms with E-state index >= 15 is 0 Å². The van der Waals surface area contributed by atoms with Crippen LogP contribution >= 0.6 is 12.8 Å². The fourth-order valence-corrected chi connectivity index (χ4v) is 1.23. The first kappa shape index (κ1) is 10.4. The topological polar surface area (TPSA) is 100 Å². The van der Waals surface area contributed by atoms with E-state index < -0.39 is 0 Å². The fraction of sp³-hybridized carbons (Fsp3) is 0. The molecule has 0 radical (unpaired) electrons. The Kier molecular flexibility index (Phi) is 2.96. The number of benzene rings is 1. The summed E-state index contributed by atoms with van der Waals surface area (Å²) in [6, 6.07) is 7.67. The van der Waals surface area contributed by atoms with Crippen molar-refractivity contribution in [3.63, 3.8) is 0 Å². The van der Waals surface area contributed by atoms with Crippen molar-refractivity contribution >= 4 is 23.8 Å². The van der Waals surface area contributed by atoms with E-state index in [0.29, 0.717) is 0 Å². The summed E-state index contributed by atoms with van der Waals surface area (Å²) in [6.07, 6.45) is 1.31. The Balaban J connectivity index is 0.000000138. The number of para-hydroxylation sites is 1. The van der Waals surface area contributed by atoms with E-state index in [9.17, 15) is 0 Å². The number of nitrogens with zero attached hydrogens (tertiary/aromatic N) is 7. The number of hydrogen-bond donors (Lipinski definition) is 2. The highest BCUT2D eigenvalue weighted by molar-refractivity contribution is 7.78. The summed E-state index contributed by atoms with van der Waals surface area (Å²) in [6.45, 7) is 0. The van der Waals surface area contributed by atoms with Crippen molar-refractivity contribution in [2.45, 2.75) is 0 Å². The number of thiol groups is 1. The van der Waals surface area contributed by atoms with E-state index in [4.69, 9.17) is 5.84 Å². The lowest BCUT2D eigenvalue weighted by molar-refractivity contribution is 0.756. The molecule has 0 aliphatic rings. The molecule has 2 N–H and O–H groups in total. The molecule has 0 unspecified atom stereocenters. The average molecular weight is 236 g/mol. The summed E-state index contributed by atoms with van der Waals surface area (Å²) in [5.74, 6) is 4.96. The molecular formula is C7H8N8S. The van der Waals surface area contributed by atoms with Gasteiger partial charge in [-0.2, -0.15) is 4.09 Å². The second kappa shape index (κ2) is 4.57. The van der Waals surface area contributed by atoms with Crippen LogP contribution in [0.4, 0.5) is 0 Å². The summed E-state index contributed by atoms with van der Waals surface area (Å²) in [4.78, 5) is 1.03. The van der Waals surface area contributed by atoms with Crippen molar-refractivity contribution in [3.05, 3.63) is 30.6 Å². The SMILES string of the molecule is Nn1cnnn1.Sn1nnc2ccccc21. The van der Waals surface area contributed by atoms with Gasteiger partial charge in [0.05, 0.1) is 0 Å². The first-order valence-electron chi connectivity index (χ1n) is 4.25. The third kappa shape index (κ3) is 2.25. The smallest absolute Gasteiger partial charge is 0.161 e. The number of fused-ring (bicyclic) bond motifs is 1. The summed E-state index contributed by atoms with van der Waals surface area (Å²) >= 11 is 4.04. The quantitative estimate of drug-likeness (QED) is 0.403. The normalized spacial score (nSPS) is 9.81. The Morgan fingerprint density at radius 3 is 2.56 bits per heavy atom. The van der Waals surface area contributed by atoms with Crippen LogP contribution in [0.15, 0.2) is 30.6 Å². The van der Waals surface area contributed by atoms with Crippen molar-refractivity contribution in [2.24, 2.45) is 0 Å². The van der Waals surface area contributed by atoms with Crippen LogP contribution in [0.5, 0.6) is 0 Å². The summed E-state index contributed by atoms with van der Waals surface area (Å²) in [5.41, 5.74) is 1.81. The Morgan fingerprint density at radius 1 is 1.19 bits per heavy atom. The molecule has 0 aliphatic heterocycles. The maximum Gasteiger partial charge on any atom is 0.161 e. The largest absolute Gasteiger partial charge is 0.320 e. The molecule has 9 heteroatoms. The van der Waals surface area contributed by atoms with E-state index in [1.165, 1.54) is 10.4 Å². The zero-order chi connectivity index (χ0) is 11.4. The van der Waals surface area contributed by atoms with Gasteiger partial charge in [0.15, 0.2) is 6.33 Å². The van der Waals surface area contributed by atoms with Crippen LogP contribution < -0.4 is 5.84 Å².